The van der Waals surface area contributed by atoms with E-state index in [1.807, 2.05) is 24.3 Å². The Labute approximate surface area is 183 Å². The molecule has 0 bridgehead atoms. The number of aromatic nitrogens is 1. The predicted molar refractivity (Wildman–Crippen MR) is 82.1 cm³/mol. The average Bonchev–Trinajstić information content (AvgIpc) is 2.48. The van der Waals surface area contributed by atoms with E-state index in [1.165, 1.54) is 18.3 Å². The first-order valence-electron chi connectivity index (χ1n) is 6.11. The van der Waals surface area contributed by atoms with Crippen molar-refractivity contribution in [1.29, 1.82) is 0 Å². The van der Waals surface area contributed by atoms with Crippen LogP contribution in [0.15, 0.2) is 52.1 Å². The molecule has 1 heterocycles. The molecule has 22 heavy (non-hydrogen) atoms. The zero-order valence-electron chi connectivity index (χ0n) is 11.9. The van der Waals surface area contributed by atoms with Gasteiger partial charge in [0.25, 0.3) is 0 Å². The minimum Gasteiger partial charge on any atom is -0.545 e. The van der Waals surface area contributed by atoms with Gasteiger partial charge in [0.05, 0.1) is 11.7 Å². The van der Waals surface area contributed by atoms with Gasteiger partial charge in [-0.05, 0) is 29.8 Å². The fourth-order valence-electron chi connectivity index (χ4n) is 1.69. The summed E-state index contributed by atoms with van der Waals surface area (Å²) in [5.74, 6) is -1.10. The minimum absolute atomic E-state index is 0. The number of aromatic carboxylic acids is 1. The molecule has 0 saturated heterocycles. The largest absolute Gasteiger partial charge is 1.00 e. The van der Waals surface area contributed by atoms with Crippen molar-refractivity contribution >= 4 is 39.4 Å². The molecular formula is C15H11BrKNO3S. The maximum Gasteiger partial charge on any atom is 1.00 e. The summed E-state index contributed by atoms with van der Waals surface area (Å²) < 4.78 is 0.958. The number of carboxylic acid groups (broad SMARTS) is 1. The smallest absolute Gasteiger partial charge is 0.545 e. The molecule has 0 N–H and O–H groups in total. The molecule has 7 heteroatoms. The summed E-state index contributed by atoms with van der Waals surface area (Å²) in [5, 5.41) is 11.2. The second kappa shape index (κ2) is 9.97. The first-order chi connectivity index (χ1) is 10.1. The summed E-state index contributed by atoms with van der Waals surface area (Å²) in [6, 6.07) is 10.5. The van der Waals surface area contributed by atoms with E-state index >= 15 is 0 Å². The van der Waals surface area contributed by atoms with Gasteiger partial charge in [0.15, 0.2) is 0 Å². The Kier molecular flexibility index (Phi) is 9.07. The molecule has 0 aliphatic heterocycles. The van der Waals surface area contributed by atoms with Crippen molar-refractivity contribution in [1.82, 2.24) is 4.98 Å². The third kappa shape index (κ3) is 6.23. The molecule has 0 unspecified atom stereocenters. The SMILES string of the molecule is O=C(CSc1ncccc1C(=O)[O-])Cc1ccc(Br)cc1.[K+]. The fraction of sp³-hybridized carbons (Fsp3) is 0.133. The molecule has 1 aromatic carbocycles. The van der Waals surface area contributed by atoms with Crippen LogP contribution in [0.3, 0.4) is 0 Å². The van der Waals surface area contributed by atoms with Crippen LogP contribution in [0.1, 0.15) is 15.9 Å². The molecule has 0 aliphatic carbocycles. The van der Waals surface area contributed by atoms with Gasteiger partial charge in [-0.1, -0.05) is 39.8 Å². The molecule has 2 rings (SSSR count). The quantitative estimate of drug-likeness (QED) is 0.462. The zero-order valence-corrected chi connectivity index (χ0v) is 17.4. The van der Waals surface area contributed by atoms with E-state index in [-0.39, 0.29) is 68.5 Å². The number of pyridine rings is 1. The summed E-state index contributed by atoms with van der Waals surface area (Å²) in [4.78, 5) is 26.8. The van der Waals surface area contributed by atoms with Gasteiger partial charge in [-0.15, -0.1) is 0 Å². The number of rotatable bonds is 6. The van der Waals surface area contributed by atoms with Crippen LogP contribution in [0.25, 0.3) is 0 Å². The first-order valence-corrected chi connectivity index (χ1v) is 7.89. The second-order valence-electron chi connectivity index (χ2n) is 4.27. The molecule has 0 amide bonds. The van der Waals surface area contributed by atoms with Crippen LogP contribution >= 0.6 is 27.7 Å². The van der Waals surface area contributed by atoms with Gasteiger partial charge in [-0.2, -0.15) is 0 Å². The summed E-state index contributed by atoms with van der Waals surface area (Å²) in [7, 11) is 0. The number of carbonyl (C=O) groups excluding carboxylic acids is 2. The van der Waals surface area contributed by atoms with E-state index in [1.54, 1.807) is 0 Å². The van der Waals surface area contributed by atoms with Gasteiger partial charge in [-0.3, -0.25) is 4.79 Å². The average molecular weight is 404 g/mol. The Morgan fingerprint density at radius 3 is 2.50 bits per heavy atom. The topological polar surface area (TPSA) is 70.1 Å². The molecule has 4 nitrogen and oxygen atoms in total. The van der Waals surface area contributed by atoms with Gasteiger partial charge in [0.2, 0.25) is 0 Å². The van der Waals surface area contributed by atoms with Crippen molar-refractivity contribution in [3.8, 4) is 0 Å². The number of hydrogen-bond acceptors (Lipinski definition) is 5. The van der Waals surface area contributed by atoms with Crippen molar-refractivity contribution in [3.05, 3.63) is 58.2 Å². The van der Waals surface area contributed by atoms with Crippen LogP contribution in [0.2, 0.25) is 0 Å². The Bertz CT molecular complexity index is 664. The molecule has 0 spiro atoms. The fourth-order valence-corrected chi connectivity index (χ4v) is 2.80. The number of ketones is 1. The summed E-state index contributed by atoms with van der Waals surface area (Å²) in [6.45, 7) is 0. The summed E-state index contributed by atoms with van der Waals surface area (Å²) in [6.07, 6.45) is 1.81. The van der Waals surface area contributed by atoms with Crippen LogP contribution in [0.5, 0.6) is 0 Å². The molecule has 0 atom stereocenters. The van der Waals surface area contributed by atoms with E-state index in [2.05, 4.69) is 20.9 Å². The van der Waals surface area contributed by atoms with E-state index in [0.29, 0.717) is 11.4 Å². The number of Topliss-reactive ketones (excluding diaryl/α,β-unsaturated/α-hetero) is 1. The zero-order chi connectivity index (χ0) is 15.2. The van der Waals surface area contributed by atoms with Gasteiger partial charge in [0, 0.05) is 22.7 Å². The van der Waals surface area contributed by atoms with Gasteiger partial charge in [0.1, 0.15) is 10.8 Å². The van der Waals surface area contributed by atoms with E-state index in [0.717, 1.165) is 21.8 Å². The van der Waals surface area contributed by atoms with Crippen LogP contribution < -0.4 is 56.5 Å². The van der Waals surface area contributed by atoms with Gasteiger partial charge < -0.3 is 9.90 Å². The van der Waals surface area contributed by atoms with Gasteiger partial charge >= 0.3 is 51.4 Å². The van der Waals surface area contributed by atoms with E-state index < -0.39 is 5.97 Å². The Morgan fingerprint density at radius 2 is 1.86 bits per heavy atom. The number of hydrogen-bond donors (Lipinski definition) is 0. The number of carboxylic acids is 1. The maximum absolute atomic E-state index is 11.9. The van der Waals surface area contributed by atoms with Crippen molar-refractivity contribution in [3.63, 3.8) is 0 Å². The third-order valence-corrected chi connectivity index (χ3v) is 4.27. The Balaban J connectivity index is 0.00000242. The van der Waals surface area contributed by atoms with Crippen LogP contribution in [-0.2, 0) is 11.2 Å². The van der Waals surface area contributed by atoms with Crippen molar-refractivity contribution in [2.75, 3.05) is 5.75 Å². The maximum atomic E-state index is 11.9. The number of carbonyl (C=O) groups is 2. The van der Waals surface area contributed by atoms with Crippen LogP contribution in [0.4, 0.5) is 0 Å². The number of halogens is 1. The van der Waals surface area contributed by atoms with Crippen LogP contribution in [-0.4, -0.2) is 22.5 Å². The monoisotopic (exact) mass is 403 g/mol. The Hall–Kier alpha value is -0.0236. The van der Waals surface area contributed by atoms with Crippen molar-refractivity contribution in [2.24, 2.45) is 0 Å². The molecule has 108 valence electrons. The van der Waals surface area contributed by atoms with Gasteiger partial charge in [-0.25, -0.2) is 4.98 Å². The molecule has 2 aromatic rings. The minimum atomic E-state index is -1.29. The van der Waals surface area contributed by atoms with Crippen LogP contribution in [0, 0.1) is 0 Å². The molecule has 0 radical (unpaired) electrons. The number of nitrogens with zero attached hydrogens (tertiary/aromatic N) is 1. The van der Waals surface area contributed by atoms with E-state index in [9.17, 15) is 14.7 Å². The molecule has 0 saturated carbocycles. The van der Waals surface area contributed by atoms with E-state index in [4.69, 9.17) is 0 Å². The molecule has 1 aromatic heterocycles. The molecule has 0 aliphatic rings. The summed E-state index contributed by atoms with van der Waals surface area (Å²) in [5.41, 5.74) is 0.934. The van der Waals surface area contributed by atoms with Crippen molar-refractivity contribution < 1.29 is 66.1 Å². The normalized spacial score (nSPS) is 9.86. The standard InChI is InChI=1S/C15H12BrNO3S.K/c16-11-5-3-10(4-6-11)8-12(18)9-21-14-13(15(19)20)2-1-7-17-14;/h1-7H,8-9H2,(H,19,20);/q;+1/p-1. The first kappa shape index (κ1) is 20.0. The molecule has 0 fully saturated rings. The number of thioether (sulfide) groups is 1. The van der Waals surface area contributed by atoms with Crippen molar-refractivity contribution in [2.45, 2.75) is 11.4 Å². The third-order valence-electron chi connectivity index (χ3n) is 2.68. The number of benzene rings is 1. The Morgan fingerprint density at radius 1 is 1.18 bits per heavy atom. The molecular weight excluding hydrogens is 393 g/mol. The predicted octanol–water partition coefficient (Wildman–Crippen LogP) is -0.884. The second-order valence-corrected chi connectivity index (χ2v) is 6.15. The summed E-state index contributed by atoms with van der Waals surface area (Å²) >= 11 is 4.45.